The first-order valence-corrected chi connectivity index (χ1v) is 11.5. The summed E-state index contributed by atoms with van der Waals surface area (Å²) < 4.78 is 230. The number of esters is 2. The van der Waals surface area contributed by atoms with Crippen LogP contribution in [0.15, 0.2) is 24.3 Å². The molecule has 0 heterocycles. The number of aliphatic carboxylic acids is 1. The van der Waals surface area contributed by atoms with Crippen molar-refractivity contribution in [2.45, 2.75) is 67.1 Å². The Morgan fingerprint density at radius 1 is 0.543 bits per heavy atom. The number of carbonyl (C=O) groups excluding carboxylic acids is 3. The maximum Gasteiger partial charge on any atom is 0.385 e. The van der Waals surface area contributed by atoms with Gasteiger partial charge in [-0.1, -0.05) is 12.1 Å². The van der Waals surface area contributed by atoms with Gasteiger partial charge in [0.15, 0.2) is 19.0 Å². The molecular formula is C23H16F16O7. The minimum atomic E-state index is -8.74. The number of carbonyl (C=O) groups is 4. The molecular weight excluding hydrogens is 692 g/mol. The molecule has 262 valence electrons. The second-order valence-electron chi connectivity index (χ2n) is 9.12. The molecule has 0 aliphatic rings. The average molecular weight is 708 g/mol. The molecule has 7 nitrogen and oxygen atoms in total. The molecule has 1 aromatic rings. The maximum absolute atomic E-state index is 14.0. The van der Waals surface area contributed by atoms with Crippen molar-refractivity contribution in [3.63, 3.8) is 0 Å². The molecule has 0 aromatic heterocycles. The maximum atomic E-state index is 14.0. The second kappa shape index (κ2) is 12.8. The van der Waals surface area contributed by atoms with Crippen LogP contribution in [-0.4, -0.2) is 89.4 Å². The van der Waals surface area contributed by atoms with Crippen molar-refractivity contribution in [1.29, 1.82) is 0 Å². The number of ether oxygens (including phenoxy) is 2. The molecule has 1 N–H and O–H groups in total. The number of rotatable bonds is 16. The van der Waals surface area contributed by atoms with Crippen molar-refractivity contribution in [2.24, 2.45) is 0 Å². The Kier molecular flexibility index (Phi) is 11.2. The summed E-state index contributed by atoms with van der Waals surface area (Å²) in [6.45, 7) is -5.78. The monoisotopic (exact) mass is 708 g/mol. The van der Waals surface area contributed by atoms with Crippen LogP contribution in [0.2, 0.25) is 0 Å². The van der Waals surface area contributed by atoms with Crippen LogP contribution in [0.3, 0.4) is 0 Å². The van der Waals surface area contributed by atoms with Crippen LogP contribution >= 0.6 is 0 Å². The average Bonchev–Trinajstić information content (AvgIpc) is 2.92. The summed E-state index contributed by atoms with van der Waals surface area (Å²) >= 11 is 0. The summed E-state index contributed by atoms with van der Waals surface area (Å²) in [5.74, 6) is -71.1. The summed E-state index contributed by atoms with van der Waals surface area (Å²) in [5.41, 5.74) is -1.00. The molecule has 23 heteroatoms. The molecule has 1 rings (SSSR count). The van der Waals surface area contributed by atoms with E-state index >= 15 is 0 Å². The molecule has 0 saturated carbocycles. The molecule has 0 aliphatic carbocycles. The highest BCUT2D eigenvalue weighted by Crippen LogP contribution is 2.63. The molecule has 0 amide bonds. The minimum Gasteiger partial charge on any atom is -0.481 e. The molecule has 0 unspecified atom stereocenters. The SMILES string of the molecule is CC(=O)c1ccc(C(=O)OCC(F)(F)C(F)(F)C(F)(F)C(F)(F)C(F)(F)C(F)(F)C(F)(F)C(F)(F)COC(=O)CCC(=O)O)cc1. The molecule has 0 spiro atoms. The Hall–Kier alpha value is -3.82. The zero-order chi connectivity index (χ0) is 36.5. The lowest BCUT2D eigenvalue weighted by Crippen LogP contribution is -2.75. The van der Waals surface area contributed by atoms with Crippen LogP contribution in [0.25, 0.3) is 0 Å². The number of hydrogen-bond acceptors (Lipinski definition) is 6. The number of Topliss-reactive ketones (excluding diaryl/α,β-unsaturated/α-hetero) is 1. The summed E-state index contributed by atoms with van der Waals surface area (Å²) in [4.78, 5) is 44.2. The first kappa shape index (κ1) is 40.2. The third-order valence-corrected chi connectivity index (χ3v) is 5.76. The lowest BCUT2D eigenvalue weighted by Gasteiger charge is -2.43. The highest BCUT2D eigenvalue weighted by Gasteiger charge is 2.94. The fourth-order valence-corrected chi connectivity index (χ4v) is 2.96. The summed E-state index contributed by atoms with van der Waals surface area (Å²) in [6, 6.07) is 2.89. The minimum absolute atomic E-state index is 0.131. The first-order valence-electron chi connectivity index (χ1n) is 11.5. The largest absolute Gasteiger partial charge is 0.481 e. The number of ketones is 1. The fraction of sp³-hybridized carbons (Fsp3) is 0.565. The zero-order valence-corrected chi connectivity index (χ0v) is 22.1. The predicted octanol–water partition coefficient (Wildman–Crippen LogP) is 6.54. The Labute approximate surface area is 244 Å². The Bertz CT molecular complexity index is 1310. The summed E-state index contributed by atoms with van der Waals surface area (Å²) in [5, 5.41) is 8.27. The number of halogens is 16. The molecule has 46 heavy (non-hydrogen) atoms. The highest BCUT2D eigenvalue weighted by atomic mass is 19.4. The van der Waals surface area contributed by atoms with Gasteiger partial charge in [0, 0.05) is 5.56 Å². The highest BCUT2D eigenvalue weighted by molar-refractivity contribution is 5.96. The van der Waals surface area contributed by atoms with Gasteiger partial charge < -0.3 is 14.6 Å². The Balaban J connectivity index is 3.36. The van der Waals surface area contributed by atoms with Gasteiger partial charge in [-0.05, 0) is 19.1 Å². The Morgan fingerprint density at radius 3 is 1.22 bits per heavy atom. The normalized spacial score (nSPS) is 14.1. The van der Waals surface area contributed by atoms with Crippen molar-refractivity contribution >= 4 is 23.7 Å². The van der Waals surface area contributed by atoms with Crippen LogP contribution in [0.4, 0.5) is 70.2 Å². The van der Waals surface area contributed by atoms with Gasteiger partial charge in [-0.3, -0.25) is 14.4 Å². The van der Waals surface area contributed by atoms with Crippen LogP contribution in [0.5, 0.6) is 0 Å². The van der Waals surface area contributed by atoms with E-state index < -0.39 is 103 Å². The van der Waals surface area contributed by atoms with E-state index in [0.717, 1.165) is 19.1 Å². The molecule has 0 radical (unpaired) electrons. The van der Waals surface area contributed by atoms with Gasteiger partial charge in [0.25, 0.3) is 0 Å². The molecule has 0 atom stereocenters. The zero-order valence-electron chi connectivity index (χ0n) is 22.1. The third-order valence-electron chi connectivity index (χ3n) is 5.76. The lowest BCUT2D eigenvalue weighted by molar-refractivity contribution is -0.454. The lowest BCUT2D eigenvalue weighted by atomic mass is 9.88. The molecule has 0 bridgehead atoms. The predicted molar refractivity (Wildman–Crippen MR) is 114 cm³/mol. The van der Waals surface area contributed by atoms with Crippen LogP contribution in [-0.2, 0) is 19.1 Å². The van der Waals surface area contributed by atoms with E-state index in [-0.39, 0.29) is 5.56 Å². The number of alkyl halides is 16. The van der Waals surface area contributed by atoms with Crippen LogP contribution in [0, 0.1) is 0 Å². The van der Waals surface area contributed by atoms with Crippen molar-refractivity contribution < 1.29 is 104 Å². The first-order chi connectivity index (χ1) is 20.4. The van der Waals surface area contributed by atoms with Crippen molar-refractivity contribution in [1.82, 2.24) is 0 Å². The third kappa shape index (κ3) is 6.95. The van der Waals surface area contributed by atoms with Gasteiger partial charge in [-0.15, -0.1) is 0 Å². The second-order valence-corrected chi connectivity index (χ2v) is 9.12. The smallest absolute Gasteiger partial charge is 0.385 e. The molecule has 0 fully saturated rings. The van der Waals surface area contributed by atoms with Gasteiger partial charge in [-0.2, -0.15) is 70.2 Å². The van der Waals surface area contributed by atoms with E-state index in [1.54, 1.807) is 0 Å². The molecule has 0 saturated heterocycles. The van der Waals surface area contributed by atoms with Crippen LogP contribution < -0.4 is 0 Å². The van der Waals surface area contributed by atoms with E-state index in [1.165, 1.54) is 0 Å². The van der Waals surface area contributed by atoms with Crippen LogP contribution in [0.1, 0.15) is 40.5 Å². The summed E-state index contributed by atoms with van der Waals surface area (Å²) in [6.07, 6.45) is -2.69. The van der Waals surface area contributed by atoms with Gasteiger partial charge in [0.2, 0.25) is 0 Å². The number of carboxylic acids is 1. The van der Waals surface area contributed by atoms with Gasteiger partial charge >= 0.3 is 65.3 Å². The topological polar surface area (TPSA) is 107 Å². The fourth-order valence-electron chi connectivity index (χ4n) is 2.96. The quantitative estimate of drug-likeness (QED) is 0.118. The molecule has 1 aromatic carbocycles. The van der Waals surface area contributed by atoms with Gasteiger partial charge in [0.05, 0.1) is 18.4 Å². The van der Waals surface area contributed by atoms with E-state index in [2.05, 4.69) is 9.47 Å². The molecule has 0 aliphatic heterocycles. The van der Waals surface area contributed by atoms with Gasteiger partial charge in [0.1, 0.15) is 0 Å². The number of benzene rings is 1. The van der Waals surface area contributed by atoms with Crippen molar-refractivity contribution in [3.8, 4) is 0 Å². The van der Waals surface area contributed by atoms with E-state index in [0.29, 0.717) is 12.1 Å². The van der Waals surface area contributed by atoms with E-state index in [9.17, 15) is 89.4 Å². The van der Waals surface area contributed by atoms with E-state index in [1.807, 2.05) is 0 Å². The number of carboxylic acid groups (broad SMARTS) is 1. The summed E-state index contributed by atoms with van der Waals surface area (Å²) in [7, 11) is 0. The van der Waals surface area contributed by atoms with Gasteiger partial charge in [-0.25, -0.2) is 4.79 Å². The van der Waals surface area contributed by atoms with E-state index in [4.69, 9.17) is 5.11 Å². The standard InChI is InChI=1S/C23H16F16O7/c1-10(40)11-2-4-12(5-3-11)15(44)46-9-17(26,27)19(30,31)21(34,35)23(38,39)22(36,37)20(32,33)18(28,29)16(24,25)8-45-14(43)7-6-13(41)42/h2-5H,6-9H2,1H3,(H,41,42). The van der Waals surface area contributed by atoms with Crippen molar-refractivity contribution in [3.05, 3.63) is 35.4 Å². The Morgan fingerprint density at radius 2 is 0.870 bits per heavy atom. The van der Waals surface area contributed by atoms with Crippen molar-refractivity contribution in [2.75, 3.05) is 13.2 Å². The number of hydrogen-bond donors (Lipinski definition) is 1.